The van der Waals surface area contributed by atoms with Gasteiger partial charge in [-0.05, 0) is 46.5 Å². The number of ether oxygens (including phenoxy) is 2. The van der Waals surface area contributed by atoms with Gasteiger partial charge in [-0.25, -0.2) is 4.79 Å². The van der Waals surface area contributed by atoms with Crippen molar-refractivity contribution in [1.29, 1.82) is 0 Å². The number of carbonyl (C=O) groups excluding carboxylic acids is 1. The molecule has 0 aliphatic heterocycles. The highest BCUT2D eigenvalue weighted by Crippen LogP contribution is 2.29. The zero-order valence-electron chi connectivity index (χ0n) is 11.9. The van der Waals surface area contributed by atoms with Crippen LogP contribution in [0.4, 0.5) is 4.79 Å². The molecular weight excluding hydrogens is 230 g/mol. The molecule has 1 N–H and O–H groups in total. The smallest absolute Gasteiger partial charge is 0.407 e. The van der Waals surface area contributed by atoms with Crippen LogP contribution >= 0.6 is 0 Å². The molecule has 1 aliphatic rings. The van der Waals surface area contributed by atoms with Crippen molar-refractivity contribution in [3.05, 3.63) is 12.3 Å². The van der Waals surface area contributed by atoms with Crippen LogP contribution in [-0.2, 0) is 9.47 Å². The molecule has 4 heteroatoms. The van der Waals surface area contributed by atoms with Gasteiger partial charge in [-0.2, -0.15) is 0 Å². The second-order valence-electron chi connectivity index (χ2n) is 5.87. The Balaban J connectivity index is 2.31. The minimum atomic E-state index is -0.439. The van der Waals surface area contributed by atoms with Gasteiger partial charge in [0.05, 0.1) is 12.9 Å². The van der Waals surface area contributed by atoms with Gasteiger partial charge in [0.25, 0.3) is 0 Å². The Morgan fingerprint density at radius 1 is 1.22 bits per heavy atom. The van der Waals surface area contributed by atoms with Gasteiger partial charge in [0.1, 0.15) is 5.60 Å². The van der Waals surface area contributed by atoms with E-state index in [1.807, 2.05) is 20.8 Å². The largest absolute Gasteiger partial charge is 0.501 e. The third-order valence-electron chi connectivity index (χ3n) is 3.17. The first-order valence-electron chi connectivity index (χ1n) is 6.54. The molecule has 0 aromatic carbocycles. The number of nitrogens with one attached hydrogen (secondary N) is 1. The molecule has 0 radical (unpaired) electrons. The SMILES string of the molecule is C=C(OC)C1CCC(NC(=O)OC(C)(C)C)CC1. The summed E-state index contributed by atoms with van der Waals surface area (Å²) in [5.41, 5.74) is -0.439. The number of hydrogen-bond acceptors (Lipinski definition) is 3. The average molecular weight is 255 g/mol. The fourth-order valence-corrected chi connectivity index (χ4v) is 2.20. The van der Waals surface area contributed by atoms with Crippen LogP contribution in [0, 0.1) is 5.92 Å². The zero-order chi connectivity index (χ0) is 13.8. The van der Waals surface area contributed by atoms with Gasteiger partial charge in [-0.1, -0.05) is 6.58 Å². The second kappa shape index (κ2) is 6.12. The van der Waals surface area contributed by atoms with Crippen molar-refractivity contribution in [1.82, 2.24) is 5.32 Å². The Kier molecular flexibility index (Phi) is 5.05. The van der Waals surface area contributed by atoms with Gasteiger partial charge in [0.2, 0.25) is 0 Å². The number of allylic oxidation sites excluding steroid dienone is 1. The summed E-state index contributed by atoms with van der Waals surface area (Å²) < 4.78 is 10.4. The van der Waals surface area contributed by atoms with Gasteiger partial charge in [0, 0.05) is 12.0 Å². The second-order valence-corrected chi connectivity index (χ2v) is 5.87. The van der Waals surface area contributed by atoms with Crippen molar-refractivity contribution in [2.75, 3.05) is 7.11 Å². The lowest BCUT2D eigenvalue weighted by Gasteiger charge is -2.30. The summed E-state index contributed by atoms with van der Waals surface area (Å²) in [6.07, 6.45) is 3.59. The van der Waals surface area contributed by atoms with E-state index in [9.17, 15) is 4.79 Å². The molecule has 1 amide bonds. The molecule has 0 bridgehead atoms. The summed E-state index contributed by atoms with van der Waals surface area (Å²) in [6.45, 7) is 9.50. The molecule has 1 aliphatic carbocycles. The van der Waals surface area contributed by atoms with E-state index in [1.165, 1.54) is 0 Å². The molecule has 0 aromatic heterocycles. The van der Waals surface area contributed by atoms with Crippen molar-refractivity contribution in [3.8, 4) is 0 Å². The first-order chi connectivity index (χ1) is 8.31. The summed E-state index contributed by atoms with van der Waals surface area (Å²) in [6, 6.07) is 0.209. The van der Waals surface area contributed by atoms with Crippen LogP contribution in [-0.4, -0.2) is 24.8 Å². The number of carbonyl (C=O) groups is 1. The Hall–Kier alpha value is -1.19. The van der Waals surface area contributed by atoms with Crippen molar-refractivity contribution < 1.29 is 14.3 Å². The Morgan fingerprint density at radius 2 is 1.78 bits per heavy atom. The fourth-order valence-electron chi connectivity index (χ4n) is 2.20. The number of methoxy groups -OCH3 is 1. The van der Waals surface area contributed by atoms with Crippen molar-refractivity contribution in [2.24, 2.45) is 5.92 Å². The van der Waals surface area contributed by atoms with Crippen LogP contribution in [0.25, 0.3) is 0 Å². The average Bonchev–Trinajstić information content (AvgIpc) is 2.26. The molecule has 1 rings (SSSR count). The predicted octanol–water partition coefficient (Wildman–Crippen LogP) is 3.23. The molecule has 18 heavy (non-hydrogen) atoms. The molecule has 0 aromatic rings. The van der Waals surface area contributed by atoms with E-state index in [4.69, 9.17) is 9.47 Å². The van der Waals surface area contributed by atoms with Gasteiger partial charge in [-0.15, -0.1) is 0 Å². The summed E-state index contributed by atoms with van der Waals surface area (Å²) in [5.74, 6) is 1.28. The topological polar surface area (TPSA) is 47.6 Å². The van der Waals surface area contributed by atoms with Crippen molar-refractivity contribution in [3.63, 3.8) is 0 Å². The van der Waals surface area contributed by atoms with Gasteiger partial charge in [0.15, 0.2) is 0 Å². The number of rotatable bonds is 3. The van der Waals surface area contributed by atoms with Crippen molar-refractivity contribution >= 4 is 6.09 Å². The molecule has 1 saturated carbocycles. The van der Waals surface area contributed by atoms with E-state index in [1.54, 1.807) is 7.11 Å². The first kappa shape index (κ1) is 14.9. The van der Waals surface area contributed by atoms with Crippen molar-refractivity contribution in [2.45, 2.75) is 58.1 Å². The van der Waals surface area contributed by atoms with Crippen LogP contribution in [0.3, 0.4) is 0 Å². The van der Waals surface area contributed by atoms with E-state index >= 15 is 0 Å². The molecule has 0 unspecified atom stereocenters. The van der Waals surface area contributed by atoms with Crippen LogP contribution in [0.1, 0.15) is 46.5 Å². The first-order valence-corrected chi connectivity index (χ1v) is 6.54. The minimum absolute atomic E-state index is 0.209. The normalized spacial score (nSPS) is 24.2. The highest BCUT2D eigenvalue weighted by molar-refractivity contribution is 5.68. The molecule has 0 heterocycles. The summed E-state index contributed by atoms with van der Waals surface area (Å²) in [7, 11) is 1.66. The van der Waals surface area contributed by atoms with Crippen LogP contribution in [0.5, 0.6) is 0 Å². The van der Waals surface area contributed by atoms with E-state index in [2.05, 4.69) is 11.9 Å². The summed E-state index contributed by atoms with van der Waals surface area (Å²) in [4.78, 5) is 11.6. The van der Waals surface area contributed by atoms with Gasteiger partial charge >= 0.3 is 6.09 Å². The number of hydrogen-bond donors (Lipinski definition) is 1. The molecular formula is C14H25NO3. The van der Waals surface area contributed by atoms with E-state index in [0.29, 0.717) is 5.92 Å². The maximum atomic E-state index is 11.6. The number of alkyl carbamates (subject to hydrolysis) is 1. The van der Waals surface area contributed by atoms with E-state index in [0.717, 1.165) is 31.4 Å². The van der Waals surface area contributed by atoms with Gasteiger partial charge < -0.3 is 14.8 Å². The maximum Gasteiger partial charge on any atom is 0.407 e. The Labute approximate surface area is 110 Å². The monoisotopic (exact) mass is 255 g/mol. The molecule has 1 fully saturated rings. The maximum absolute atomic E-state index is 11.6. The predicted molar refractivity (Wildman–Crippen MR) is 71.3 cm³/mol. The highest BCUT2D eigenvalue weighted by Gasteiger charge is 2.26. The zero-order valence-corrected chi connectivity index (χ0v) is 11.9. The number of amides is 1. The molecule has 104 valence electrons. The lowest BCUT2D eigenvalue weighted by Crippen LogP contribution is -2.41. The molecule has 0 spiro atoms. The van der Waals surface area contributed by atoms with E-state index < -0.39 is 5.60 Å². The summed E-state index contributed by atoms with van der Waals surface area (Å²) >= 11 is 0. The van der Waals surface area contributed by atoms with Crippen LogP contribution in [0.2, 0.25) is 0 Å². The Morgan fingerprint density at radius 3 is 2.22 bits per heavy atom. The molecule has 4 nitrogen and oxygen atoms in total. The lowest BCUT2D eigenvalue weighted by atomic mass is 9.85. The molecule has 0 saturated heterocycles. The Bertz CT molecular complexity index is 299. The van der Waals surface area contributed by atoms with E-state index in [-0.39, 0.29) is 12.1 Å². The lowest BCUT2D eigenvalue weighted by molar-refractivity contribution is 0.0486. The van der Waals surface area contributed by atoms with Crippen LogP contribution < -0.4 is 5.32 Å². The van der Waals surface area contributed by atoms with Gasteiger partial charge in [-0.3, -0.25) is 0 Å². The highest BCUT2D eigenvalue weighted by atomic mass is 16.6. The third kappa shape index (κ3) is 4.98. The fraction of sp³-hybridized carbons (Fsp3) is 0.786. The minimum Gasteiger partial charge on any atom is -0.501 e. The quantitative estimate of drug-likeness (QED) is 0.788. The van der Waals surface area contributed by atoms with Crippen LogP contribution in [0.15, 0.2) is 12.3 Å². The molecule has 0 atom stereocenters. The summed E-state index contributed by atoms with van der Waals surface area (Å²) in [5, 5.41) is 2.92. The standard InChI is InChI=1S/C14H25NO3/c1-10(17-5)11-6-8-12(9-7-11)15-13(16)18-14(2,3)4/h11-12H,1,6-9H2,2-5H3,(H,15,16). The third-order valence-corrected chi connectivity index (χ3v) is 3.17.